The van der Waals surface area contributed by atoms with Crippen molar-refractivity contribution in [1.82, 2.24) is 5.06 Å². The van der Waals surface area contributed by atoms with Crippen molar-refractivity contribution in [2.45, 2.75) is 19.3 Å². The molecule has 0 unspecified atom stereocenters. The minimum Gasteiger partial charge on any atom is -0.387 e. The van der Waals surface area contributed by atoms with Crippen molar-refractivity contribution in [2.24, 2.45) is 5.92 Å². The standard InChI is InChI=1S/C9H19NO5/c1-6(8(12)10(2)15-5)7(11)9(13-3)14-4/h6-7,9,11H,1-5H3/t6-,7-/m1/s1. The van der Waals surface area contributed by atoms with Gasteiger partial charge in [-0.1, -0.05) is 6.92 Å². The van der Waals surface area contributed by atoms with Crippen LogP contribution in [0.5, 0.6) is 0 Å². The van der Waals surface area contributed by atoms with E-state index >= 15 is 0 Å². The Morgan fingerprint density at radius 2 is 1.73 bits per heavy atom. The summed E-state index contributed by atoms with van der Waals surface area (Å²) in [7, 11) is 5.64. The fraction of sp³-hybridized carbons (Fsp3) is 0.889. The zero-order valence-corrected chi connectivity index (χ0v) is 9.76. The molecule has 6 nitrogen and oxygen atoms in total. The number of hydrogen-bond acceptors (Lipinski definition) is 5. The van der Waals surface area contributed by atoms with Crippen LogP contribution >= 0.6 is 0 Å². The van der Waals surface area contributed by atoms with Crippen molar-refractivity contribution in [1.29, 1.82) is 0 Å². The van der Waals surface area contributed by atoms with Crippen LogP contribution in [0.2, 0.25) is 0 Å². The van der Waals surface area contributed by atoms with Gasteiger partial charge in [0.2, 0.25) is 0 Å². The highest BCUT2D eigenvalue weighted by atomic mass is 16.7. The van der Waals surface area contributed by atoms with Crippen molar-refractivity contribution in [3.05, 3.63) is 0 Å². The molecule has 0 aromatic rings. The predicted octanol–water partition coefficient (Wildman–Crippen LogP) is -0.378. The molecular weight excluding hydrogens is 202 g/mol. The molecule has 0 heterocycles. The maximum atomic E-state index is 11.6. The highest BCUT2D eigenvalue weighted by Crippen LogP contribution is 2.13. The molecule has 0 aliphatic carbocycles. The van der Waals surface area contributed by atoms with Crippen LogP contribution in [-0.4, -0.2) is 56.8 Å². The van der Waals surface area contributed by atoms with Crippen LogP contribution in [0.1, 0.15) is 6.92 Å². The molecular formula is C9H19NO5. The van der Waals surface area contributed by atoms with Crippen molar-refractivity contribution in [3.8, 4) is 0 Å². The number of carbonyl (C=O) groups excluding carboxylic acids is 1. The highest BCUT2D eigenvalue weighted by Gasteiger charge is 2.31. The van der Waals surface area contributed by atoms with Crippen LogP contribution in [0.15, 0.2) is 0 Å². The van der Waals surface area contributed by atoms with E-state index in [-0.39, 0.29) is 5.91 Å². The van der Waals surface area contributed by atoms with Gasteiger partial charge in [-0.25, -0.2) is 5.06 Å². The Morgan fingerprint density at radius 1 is 1.27 bits per heavy atom. The maximum absolute atomic E-state index is 11.6. The monoisotopic (exact) mass is 221 g/mol. The van der Waals surface area contributed by atoms with Crippen molar-refractivity contribution >= 4 is 5.91 Å². The maximum Gasteiger partial charge on any atom is 0.251 e. The first-order chi connectivity index (χ1) is 6.99. The Labute approximate surface area is 89.7 Å². The molecule has 0 saturated carbocycles. The van der Waals surface area contributed by atoms with E-state index in [1.165, 1.54) is 28.4 Å². The summed E-state index contributed by atoms with van der Waals surface area (Å²) in [5.41, 5.74) is 0. The number of hydroxylamine groups is 2. The molecule has 0 spiro atoms. The lowest BCUT2D eigenvalue weighted by Crippen LogP contribution is -2.43. The van der Waals surface area contributed by atoms with Gasteiger partial charge < -0.3 is 14.6 Å². The molecule has 0 saturated heterocycles. The molecule has 0 rings (SSSR count). The third-order valence-corrected chi connectivity index (χ3v) is 2.23. The van der Waals surface area contributed by atoms with Crippen molar-refractivity contribution < 1.29 is 24.2 Å². The Hall–Kier alpha value is -0.690. The third-order valence-electron chi connectivity index (χ3n) is 2.23. The SMILES string of the molecule is COC(OC)[C@H](O)[C@@H](C)C(=O)N(C)OC. The van der Waals surface area contributed by atoms with Gasteiger partial charge in [-0.05, 0) is 0 Å². The lowest BCUT2D eigenvalue weighted by atomic mass is 10.0. The van der Waals surface area contributed by atoms with E-state index in [4.69, 9.17) is 14.3 Å². The summed E-state index contributed by atoms with van der Waals surface area (Å²) in [4.78, 5) is 16.3. The number of aliphatic hydroxyl groups is 1. The van der Waals surface area contributed by atoms with Gasteiger partial charge in [0.15, 0.2) is 6.29 Å². The number of hydrogen-bond donors (Lipinski definition) is 1. The Kier molecular flexibility index (Phi) is 6.42. The van der Waals surface area contributed by atoms with Gasteiger partial charge in [0, 0.05) is 21.3 Å². The lowest BCUT2D eigenvalue weighted by Gasteiger charge is -2.26. The summed E-state index contributed by atoms with van der Waals surface area (Å²) in [6.07, 6.45) is -1.86. The quantitative estimate of drug-likeness (QED) is 0.489. The summed E-state index contributed by atoms with van der Waals surface area (Å²) in [5.74, 6) is -1.01. The number of nitrogens with zero attached hydrogens (tertiary/aromatic N) is 1. The summed E-state index contributed by atoms with van der Waals surface area (Å²) < 4.78 is 9.72. The van der Waals surface area contributed by atoms with Crippen molar-refractivity contribution in [2.75, 3.05) is 28.4 Å². The van der Waals surface area contributed by atoms with Crippen molar-refractivity contribution in [3.63, 3.8) is 0 Å². The highest BCUT2D eigenvalue weighted by molar-refractivity contribution is 5.77. The van der Waals surface area contributed by atoms with E-state index in [1.807, 2.05) is 0 Å². The van der Waals surface area contributed by atoms with Crippen LogP contribution in [-0.2, 0) is 19.1 Å². The van der Waals surface area contributed by atoms with Crippen LogP contribution in [0.25, 0.3) is 0 Å². The molecule has 0 aliphatic heterocycles. The topological polar surface area (TPSA) is 68.2 Å². The van der Waals surface area contributed by atoms with Gasteiger partial charge in [-0.2, -0.15) is 0 Å². The van der Waals surface area contributed by atoms with Gasteiger partial charge in [-0.15, -0.1) is 0 Å². The van der Waals surface area contributed by atoms with E-state index in [9.17, 15) is 9.90 Å². The average Bonchev–Trinajstić information content (AvgIpc) is 2.27. The third kappa shape index (κ3) is 3.75. The molecule has 2 atom stereocenters. The molecule has 1 amide bonds. The van der Waals surface area contributed by atoms with Gasteiger partial charge >= 0.3 is 0 Å². The minimum absolute atomic E-state index is 0.343. The number of ether oxygens (including phenoxy) is 2. The second-order valence-corrected chi connectivity index (χ2v) is 3.14. The van der Waals surface area contributed by atoms with E-state index in [2.05, 4.69) is 0 Å². The van der Waals surface area contributed by atoms with E-state index in [0.717, 1.165) is 5.06 Å². The fourth-order valence-corrected chi connectivity index (χ4v) is 1.13. The number of methoxy groups -OCH3 is 2. The summed E-state index contributed by atoms with van der Waals surface area (Å²) in [5, 5.41) is 10.8. The number of carbonyl (C=O) groups is 1. The largest absolute Gasteiger partial charge is 0.387 e. The molecule has 1 N–H and O–H groups in total. The number of amides is 1. The van der Waals surface area contributed by atoms with Gasteiger partial charge in [0.05, 0.1) is 13.0 Å². The van der Waals surface area contributed by atoms with E-state index < -0.39 is 18.3 Å². The Balaban J connectivity index is 4.41. The molecule has 6 heteroatoms. The average molecular weight is 221 g/mol. The zero-order valence-electron chi connectivity index (χ0n) is 9.76. The minimum atomic E-state index is -1.04. The number of aliphatic hydroxyl groups excluding tert-OH is 1. The normalized spacial score (nSPS) is 15.1. The Bertz CT molecular complexity index is 195. The van der Waals surface area contributed by atoms with Gasteiger partial charge in [0.25, 0.3) is 5.91 Å². The first-order valence-electron chi connectivity index (χ1n) is 4.54. The van der Waals surface area contributed by atoms with E-state index in [0.29, 0.717) is 0 Å². The molecule has 0 aromatic carbocycles. The summed E-state index contributed by atoms with van der Waals surface area (Å²) in [6.45, 7) is 1.58. The molecule has 0 fully saturated rings. The second kappa shape index (κ2) is 6.73. The molecule has 90 valence electrons. The van der Waals surface area contributed by atoms with Gasteiger partial charge in [-0.3, -0.25) is 9.63 Å². The van der Waals surface area contributed by atoms with Crippen LogP contribution in [0.4, 0.5) is 0 Å². The van der Waals surface area contributed by atoms with Crippen LogP contribution in [0.3, 0.4) is 0 Å². The molecule has 15 heavy (non-hydrogen) atoms. The summed E-state index contributed by atoms with van der Waals surface area (Å²) in [6, 6.07) is 0. The first-order valence-corrected chi connectivity index (χ1v) is 4.54. The lowest BCUT2D eigenvalue weighted by molar-refractivity contribution is -0.198. The second-order valence-electron chi connectivity index (χ2n) is 3.14. The fourth-order valence-electron chi connectivity index (χ4n) is 1.13. The predicted molar refractivity (Wildman–Crippen MR) is 52.8 cm³/mol. The molecule has 0 radical (unpaired) electrons. The smallest absolute Gasteiger partial charge is 0.251 e. The molecule has 0 aliphatic rings. The van der Waals surface area contributed by atoms with Crippen LogP contribution < -0.4 is 0 Å². The first kappa shape index (κ1) is 14.3. The molecule has 0 bridgehead atoms. The van der Waals surface area contributed by atoms with Crippen LogP contribution in [0, 0.1) is 5.92 Å². The van der Waals surface area contributed by atoms with Gasteiger partial charge in [0.1, 0.15) is 6.10 Å². The van der Waals surface area contributed by atoms with E-state index in [1.54, 1.807) is 6.92 Å². The zero-order chi connectivity index (χ0) is 12.0. The summed E-state index contributed by atoms with van der Waals surface area (Å²) >= 11 is 0. The Morgan fingerprint density at radius 3 is 2.07 bits per heavy atom. The molecule has 0 aromatic heterocycles. The number of rotatable bonds is 6.